The van der Waals surface area contributed by atoms with E-state index in [2.05, 4.69) is 5.32 Å². The molecule has 1 N–H and O–H groups in total. The van der Waals surface area contributed by atoms with Gasteiger partial charge in [-0.1, -0.05) is 0 Å². The molecule has 0 saturated heterocycles. The van der Waals surface area contributed by atoms with E-state index in [0.717, 1.165) is 6.07 Å². The molecule has 0 aliphatic rings. The lowest BCUT2D eigenvalue weighted by Gasteiger charge is -2.08. The SMILES string of the molecule is N#Cc1ccc(OCC(=O)Nc2ccc(F)cc2)c(F)c1. The number of nitrogens with zero attached hydrogens (tertiary/aromatic N) is 1. The zero-order valence-corrected chi connectivity index (χ0v) is 10.8. The Bertz CT molecular complexity index is 694. The minimum Gasteiger partial charge on any atom is -0.481 e. The fraction of sp³-hybridized carbons (Fsp3) is 0.0667. The zero-order valence-electron chi connectivity index (χ0n) is 10.8. The fourth-order valence-corrected chi connectivity index (χ4v) is 1.56. The molecule has 0 aromatic heterocycles. The van der Waals surface area contributed by atoms with Gasteiger partial charge < -0.3 is 10.1 Å². The van der Waals surface area contributed by atoms with Crippen LogP contribution in [0.1, 0.15) is 5.56 Å². The standard InChI is InChI=1S/C15H10F2N2O2/c16-11-2-4-12(5-3-11)19-15(20)9-21-14-6-1-10(8-18)7-13(14)17/h1-7H,9H2,(H,19,20). The van der Waals surface area contributed by atoms with Crippen LogP contribution < -0.4 is 10.1 Å². The first-order valence-corrected chi connectivity index (χ1v) is 5.96. The highest BCUT2D eigenvalue weighted by Crippen LogP contribution is 2.18. The van der Waals surface area contributed by atoms with Gasteiger partial charge in [0.05, 0.1) is 11.6 Å². The number of carbonyl (C=O) groups excluding carboxylic acids is 1. The van der Waals surface area contributed by atoms with Crippen LogP contribution in [0.25, 0.3) is 0 Å². The smallest absolute Gasteiger partial charge is 0.262 e. The van der Waals surface area contributed by atoms with Crippen LogP contribution >= 0.6 is 0 Å². The molecule has 21 heavy (non-hydrogen) atoms. The molecule has 6 heteroatoms. The van der Waals surface area contributed by atoms with Gasteiger partial charge in [-0.2, -0.15) is 5.26 Å². The van der Waals surface area contributed by atoms with E-state index in [-0.39, 0.29) is 11.3 Å². The quantitative estimate of drug-likeness (QED) is 0.941. The highest BCUT2D eigenvalue weighted by atomic mass is 19.1. The van der Waals surface area contributed by atoms with E-state index >= 15 is 0 Å². The fourth-order valence-electron chi connectivity index (χ4n) is 1.56. The molecule has 0 atom stereocenters. The largest absolute Gasteiger partial charge is 0.481 e. The Hall–Kier alpha value is -2.94. The van der Waals surface area contributed by atoms with Crippen LogP contribution in [-0.4, -0.2) is 12.5 Å². The van der Waals surface area contributed by atoms with Crippen LogP contribution in [0.4, 0.5) is 14.5 Å². The third kappa shape index (κ3) is 4.01. The first kappa shape index (κ1) is 14.5. The maximum atomic E-state index is 13.5. The van der Waals surface area contributed by atoms with Crippen molar-refractivity contribution in [2.24, 2.45) is 0 Å². The summed E-state index contributed by atoms with van der Waals surface area (Å²) in [6, 6.07) is 10.7. The van der Waals surface area contributed by atoms with Gasteiger partial charge in [0.25, 0.3) is 5.91 Å². The van der Waals surface area contributed by atoms with Crippen LogP contribution in [0, 0.1) is 23.0 Å². The molecule has 1 amide bonds. The van der Waals surface area contributed by atoms with Crippen molar-refractivity contribution in [1.29, 1.82) is 5.26 Å². The summed E-state index contributed by atoms with van der Waals surface area (Å²) >= 11 is 0. The summed E-state index contributed by atoms with van der Waals surface area (Å²) in [5, 5.41) is 11.1. The number of hydrogen-bond donors (Lipinski definition) is 1. The van der Waals surface area contributed by atoms with Crippen LogP contribution in [0.3, 0.4) is 0 Å². The summed E-state index contributed by atoms with van der Waals surface area (Å²) in [6.07, 6.45) is 0. The Morgan fingerprint density at radius 3 is 2.52 bits per heavy atom. The third-order valence-corrected chi connectivity index (χ3v) is 2.55. The molecule has 0 bridgehead atoms. The molecule has 2 rings (SSSR count). The molecule has 0 aliphatic heterocycles. The number of nitriles is 1. The Morgan fingerprint density at radius 1 is 1.19 bits per heavy atom. The maximum absolute atomic E-state index is 13.5. The number of carbonyl (C=O) groups is 1. The van der Waals surface area contributed by atoms with Gasteiger partial charge in [0.2, 0.25) is 0 Å². The average molecular weight is 288 g/mol. The predicted molar refractivity (Wildman–Crippen MR) is 71.6 cm³/mol. The molecule has 0 fully saturated rings. The van der Waals surface area contributed by atoms with E-state index in [1.807, 2.05) is 0 Å². The predicted octanol–water partition coefficient (Wildman–Crippen LogP) is 2.85. The van der Waals surface area contributed by atoms with E-state index in [1.165, 1.54) is 36.4 Å². The lowest BCUT2D eigenvalue weighted by atomic mass is 10.2. The van der Waals surface area contributed by atoms with Gasteiger partial charge in [-0.05, 0) is 42.5 Å². The van der Waals surface area contributed by atoms with Gasteiger partial charge in [0.1, 0.15) is 5.82 Å². The summed E-state index contributed by atoms with van der Waals surface area (Å²) in [5.74, 6) is -1.76. The Morgan fingerprint density at radius 2 is 1.90 bits per heavy atom. The topological polar surface area (TPSA) is 62.1 Å². The molecule has 0 spiro atoms. The number of hydrogen-bond acceptors (Lipinski definition) is 3. The van der Waals surface area contributed by atoms with Crippen molar-refractivity contribution in [3.05, 3.63) is 59.7 Å². The van der Waals surface area contributed by atoms with E-state index in [1.54, 1.807) is 6.07 Å². The Labute approximate surface area is 119 Å². The molecule has 4 nitrogen and oxygen atoms in total. The normalized spacial score (nSPS) is 9.76. The highest BCUT2D eigenvalue weighted by Gasteiger charge is 2.08. The van der Waals surface area contributed by atoms with Crippen LogP contribution in [-0.2, 0) is 4.79 Å². The van der Waals surface area contributed by atoms with E-state index in [0.29, 0.717) is 5.69 Å². The Kier molecular flexibility index (Phi) is 4.46. The Balaban J connectivity index is 1.92. The first-order valence-electron chi connectivity index (χ1n) is 5.96. The van der Waals surface area contributed by atoms with Crippen molar-refractivity contribution in [1.82, 2.24) is 0 Å². The minimum atomic E-state index is -0.719. The van der Waals surface area contributed by atoms with Crippen LogP contribution in [0.5, 0.6) is 5.75 Å². The zero-order chi connectivity index (χ0) is 15.2. The second-order valence-corrected chi connectivity index (χ2v) is 4.10. The number of halogens is 2. The molecule has 0 heterocycles. The van der Waals surface area contributed by atoms with Gasteiger partial charge in [-0.3, -0.25) is 4.79 Å². The molecular weight excluding hydrogens is 278 g/mol. The number of rotatable bonds is 4. The van der Waals surface area contributed by atoms with Crippen molar-refractivity contribution in [3.8, 4) is 11.8 Å². The van der Waals surface area contributed by atoms with Crippen molar-refractivity contribution < 1.29 is 18.3 Å². The summed E-state index contributed by atoms with van der Waals surface area (Å²) < 4.78 is 31.2. The molecule has 2 aromatic carbocycles. The maximum Gasteiger partial charge on any atom is 0.262 e. The molecule has 0 radical (unpaired) electrons. The minimum absolute atomic E-state index is 0.122. The van der Waals surface area contributed by atoms with Gasteiger partial charge in [0, 0.05) is 5.69 Å². The van der Waals surface area contributed by atoms with Gasteiger partial charge in [-0.15, -0.1) is 0 Å². The summed E-state index contributed by atoms with van der Waals surface area (Å²) in [4.78, 5) is 11.6. The van der Waals surface area contributed by atoms with Crippen molar-refractivity contribution in [2.45, 2.75) is 0 Å². The number of amides is 1. The van der Waals surface area contributed by atoms with Crippen LogP contribution in [0.2, 0.25) is 0 Å². The molecular formula is C15H10F2N2O2. The number of benzene rings is 2. The van der Waals surface area contributed by atoms with E-state index in [4.69, 9.17) is 10.00 Å². The molecule has 0 aliphatic carbocycles. The van der Waals surface area contributed by atoms with Crippen molar-refractivity contribution in [2.75, 3.05) is 11.9 Å². The number of ether oxygens (including phenoxy) is 1. The highest BCUT2D eigenvalue weighted by molar-refractivity contribution is 5.91. The van der Waals surface area contributed by atoms with Gasteiger partial charge in [-0.25, -0.2) is 8.78 Å². The monoisotopic (exact) mass is 288 g/mol. The van der Waals surface area contributed by atoms with E-state index in [9.17, 15) is 13.6 Å². The second-order valence-electron chi connectivity index (χ2n) is 4.10. The van der Waals surface area contributed by atoms with E-state index < -0.39 is 24.1 Å². The van der Waals surface area contributed by atoms with Crippen molar-refractivity contribution in [3.63, 3.8) is 0 Å². The molecule has 106 valence electrons. The lowest BCUT2D eigenvalue weighted by molar-refractivity contribution is -0.118. The molecule has 2 aromatic rings. The third-order valence-electron chi connectivity index (χ3n) is 2.55. The second kappa shape index (κ2) is 6.48. The molecule has 0 saturated carbocycles. The van der Waals surface area contributed by atoms with Crippen molar-refractivity contribution >= 4 is 11.6 Å². The van der Waals surface area contributed by atoms with Gasteiger partial charge >= 0.3 is 0 Å². The molecule has 0 unspecified atom stereocenters. The van der Waals surface area contributed by atoms with Gasteiger partial charge in [0.15, 0.2) is 18.2 Å². The average Bonchev–Trinajstić information content (AvgIpc) is 2.48. The first-order chi connectivity index (χ1) is 10.1. The number of anilines is 1. The summed E-state index contributed by atoms with van der Waals surface area (Å²) in [6.45, 7) is -0.403. The lowest BCUT2D eigenvalue weighted by Crippen LogP contribution is -2.20. The number of nitrogens with one attached hydrogen (secondary N) is 1. The summed E-state index contributed by atoms with van der Waals surface area (Å²) in [5.41, 5.74) is 0.570. The summed E-state index contributed by atoms with van der Waals surface area (Å²) in [7, 11) is 0. The van der Waals surface area contributed by atoms with Crippen LogP contribution in [0.15, 0.2) is 42.5 Å².